The maximum atomic E-state index is 2.73. The van der Waals surface area contributed by atoms with Crippen molar-refractivity contribution in [3.8, 4) is 22.3 Å². The third-order valence-corrected chi connectivity index (χ3v) is 41.4. The quantitative estimate of drug-likeness (QED) is 0.118. The summed E-state index contributed by atoms with van der Waals surface area (Å²) in [6, 6.07) is 33.2. The van der Waals surface area contributed by atoms with Gasteiger partial charge in [0.1, 0.15) is 0 Å². The Bertz CT molecular complexity index is 1680. The van der Waals surface area contributed by atoms with E-state index in [0.717, 1.165) is 12.8 Å². The van der Waals surface area contributed by atoms with Crippen molar-refractivity contribution in [2.75, 3.05) is 0 Å². The van der Waals surface area contributed by atoms with Crippen LogP contribution in [0, 0.1) is 11.8 Å². The second-order valence-electron chi connectivity index (χ2n) is 15.6. The molecule has 4 aromatic carbocycles. The molecule has 0 aliphatic heterocycles. The topological polar surface area (TPSA) is 0 Å². The van der Waals surface area contributed by atoms with Gasteiger partial charge in [0, 0.05) is 0 Å². The molecule has 2 aliphatic rings. The van der Waals surface area contributed by atoms with Crippen LogP contribution in [-0.2, 0) is 33.4 Å². The molecule has 0 aromatic heterocycles. The third-order valence-electron chi connectivity index (χ3n) is 10.6. The van der Waals surface area contributed by atoms with Crippen molar-refractivity contribution in [1.29, 1.82) is 0 Å². The Morgan fingerprint density at radius 1 is 0.542 bits per heavy atom. The Balaban J connectivity index is 1.54. The van der Waals surface area contributed by atoms with Crippen LogP contribution in [0.5, 0.6) is 0 Å². The first-order valence-electron chi connectivity index (χ1n) is 18.9. The van der Waals surface area contributed by atoms with Gasteiger partial charge in [-0.05, 0) is 0 Å². The molecule has 0 saturated heterocycles. The summed E-state index contributed by atoms with van der Waals surface area (Å²) in [5.74, 6) is 0.354. The summed E-state index contributed by atoms with van der Waals surface area (Å²) < 4.78 is 1.36. The van der Waals surface area contributed by atoms with Gasteiger partial charge in [-0.15, -0.1) is 0 Å². The van der Waals surface area contributed by atoms with E-state index in [1.165, 1.54) is 59.1 Å². The van der Waals surface area contributed by atoms with Crippen molar-refractivity contribution in [2.24, 2.45) is 11.8 Å². The van der Waals surface area contributed by atoms with E-state index in [9.17, 15) is 0 Å². The van der Waals surface area contributed by atoms with Gasteiger partial charge in [0.25, 0.3) is 0 Å². The number of rotatable bonds is 13. The van der Waals surface area contributed by atoms with E-state index in [1.807, 2.05) is 0 Å². The molecule has 0 nitrogen and oxygen atoms in total. The first-order chi connectivity index (χ1) is 23.2. The van der Waals surface area contributed by atoms with Crippen molar-refractivity contribution < 1.29 is 20.6 Å². The molecular formula is C46H57HfSi. The molecule has 249 valence electrons. The maximum absolute atomic E-state index is 2.73. The zero-order valence-corrected chi connectivity index (χ0v) is 35.6. The summed E-state index contributed by atoms with van der Waals surface area (Å²) in [7, 11) is 0. The number of hydrogen-bond donors (Lipinski definition) is 0. The summed E-state index contributed by atoms with van der Waals surface area (Å²) in [4.78, 5) is 0. The molecule has 6 rings (SSSR count). The van der Waals surface area contributed by atoms with Crippen LogP contribution in [0.15, 0.2) is 96.1 Å². The summed E-state index contributed by atoms with van der Waals surface area (Å²) in [5.41, 5.74) is 18.8. The van der Waals surface area contributed by atoms with E-state index >= 15 is 0 Å². The van der Waals surface area contributed by atoms with E-state index in [-0.39, 0.29) is 0 Å². The van der Waals surface area contributed by atoms with Gasteiger partial charge in [0.05, 0.1) is 0 Å². The van der Waals surface area contributed by atoms with Gasteiger partial charge in [-0.25, -0.2) is 0 Å². The van der Waals surface area contributed by atoms with Crippen LogP contribution >= 0.6 is 0 Å². The fraction of sp³-hybridized carbons (Fsp3) is 0.391. The molecule has 0 radical (unpaired) electrons. The Kier molecular flexibility index (Phi) is 11.4. The Morgan fingerprint density at radius 3 is 1.31 bits per heavy atom. The molecule has 0 heterocycles. The Labute approximate surface area is 300 Å². The minimum absolute atomic E-state index is 0.661. The molecule has 2 unspecified atom stereocenters. The molecule has 2 atom stereocenters. The number of fused-ring (bicyclic) bond motifs is 2. The van der Waals surface area contributed by atoms with Crippen LogP contribution in [0.25, 0.3) is 34.4 Å². The Morgan fingerprint density at radius 2 is 0.938 bits per heavy atom. The molecular weight excluding hydrogens is 759 g/mol. The summed E-state index contributed by atoms with van der Waals surface area (Å²) in [6.07, 6.45) is 12.5. The van der Waals surface area contributed by atoms with E-state index in [0.29, 0.717) is 19.2 Å². The minimum atomic E-state index is -2.47. The van der Waals surface area contributed by atoms with Crippen LogP contribution in [0.3, 0.4) is 0 Å². The van der Waals surface area contributed by atoms with Crippen molar-refractivity contribution in [2.45, 2.75) is 101 Å². The van der Waals surface area contributed by atoms with Gasteiger partial charge >= 0.3 is 303 Å². The molecule has 0 saturated carbocycles. The molecule has 0 amide bonds. The summed E-state index contributed by atoms with van der Waals surface area (Å²) >= 11 is -2.47. The van der Waals surface area contributed by atoms with Gasteiger partial charge in [-0.3, -0.25) is 0 Å². The van der Waals surface area contributed by atoms with Crippen LogP contribution in [-0.4, -0.2) is 5.98 Å². The van der Waals surface area contributed by atoms with E-state index in [2.05, 4.69) is 152 Å². The summed E-state index contributed by atoms with van der Waals surface area (Å²) in [6.45, 7) is 19.8. The average molecular weight is 817 g/mol. The molecule has 2 aliphatic carbocycles. The average Bonchev–Trinajstić information content (AvgIpc) is 3.59. The third kappa shape index (κ3) is 7.04. The zero-order chi connectivity index (χ0) is 33.9. The van der Waals surface area contributed by atoms with Crippen LogP contribution in [0.1, 0.15) is 108 Å². The number of aryl methyl sites for hydroxylation is 2. The van der Waals surface area contributed by atoms with Crippen LogP contribution in [0.2, 0.25) is 13.1 Å². The van der Waals surface area contributed by atoms with Gasteiger partial charge in [0.15, 0.2) is 0 Å². The number of hydrogen-bond acceptors (Lipinski definition) is 0. The van der Waals surface area contributed by atoms with Gasteiger partial charge < -0.3 is 0 Å². The first kappa shape index (κ1) is 35.3. The van der Waals surface area contributed by atoms with Crippen molar-refractivity contribution in [3.05, 3.63) is 129 Å². The molecule has 0 spiro atoms. The second kappa shape index (κ2) is 15.6. The molecule has 0 fully saturated rings. The van der Waals surface area contributed by atoms with Gasteiger partial charge in [-0.1, -0.05) is 0 Å². The zero-order valence-electron chi connectivity index (χ0n) is 30.9. The Hall–Kier alpha value is -2.55. The monoisotopic (exact) mass is 817 g/mol. The fourth-order valence-electron chi connectivity index (χ4n) is 8.86. The predicted octanol–water partition coefficient (Wildman–Crippen LogP) is 13.2. The molecule has 4 aromatic rings. The standard InChI is InChI=1S/2C22H25.C2H7Si.Hf/c2*1-4-8-18-9-5-6-11-20(18)21-12-7-10-19-14-17(13-16(2)3)15-22(19)21;1-3-2;/h2*5-7,9-12,14-16H,4,8,13H2,1-3H3;3H,1-2H3;. The molecule has 2 heteroatoms. The van der Waals surface area contributed by atoms with Crippen molar-refractivity contribution in [3.63, 3.8) is 0 Å². The van der Waals surface area contributed by atoms with Crippen LogP contribution in [0.4, 0.5) is 0 Å². The predicted molar refractivity (Wildman–Crippen MR) is 211 cm³/mol. The normalized spacial score (nSPS) is 16.8. The second-order valence-corrected chi connectivity index (χ2v) is 43.5. The van der Waals surface area contributed by atoms with E-state index in [4.69, 9.17) is 0 Å². The fourth-order valence-corrected chi connectivity index (χ4v) is 41.1. The SMILES string of the molecule is CCCc1ccccc1-c1cccc2c1C=C(CC(C)C)[CH]2[Hf]([CH]1C(CC(C)C)=Cc2c(-c3ccccc3CCC)cccc21)[SiH](C)C. The van der Waals surface area contributed by atoms with Crippen molar-refractivity contribution in [1.82, 2.24) is 0 Å². The number of allylic oxidation sites excluding steroid dienone is 2. The van der Waals surface area contributed by atoms with Gasteiger partial charge in [0.2, 0.25) is 0 Å². The van der Waals surface area contributed by atoms with Gasteiger partial charge in [-0.2, -0.15) is 0 Å². The molecule has 0 bridgehead atoms. The van der Waals surface area contributed by atoms with E-state index in [1.54, 1.807) is 33.4 Å². The molecule has 48 heavy (non-hydrogen) atoms. The van der Waals surface area contributed by atoms with Crippen molar-refractivity contribution >= 4 is 18.1 Å². The summed E-state index contributed by atoms with van der Waals surface area (Å²) in [5, 5.41) is 0. The van der Waals surface area contributed by atoms with Crippen LogP contribution < -0.4 is 0 Å². The number of benzene rings is 4. The molecule has 0 N–H and O–H groups in total. The van der Waals surface area contributed by atoms with E-state index < -0.39 is 26.6 Å². The first-order valence-corrected chi connectivity index (χ1v) is 32.2.